The molecule has 1 aromatic heterocycles. The Kier molecular flexibility index (Phi) is 4.81. The Hall–Kier alpha value is -0.360. The maximum Gasteiger partial charge on any atom is 0.103 e. The lowest BCUT2D eigenvalue weighted by Gasteiger charge is -2.20. The zero-order valence-corrected chi connectivity index (χ0v) is 14.6. The second-order valence-electron chi connectivity index (χ2n) is 4.90. The molecule has 0 spiro atoms. The van der Waals surface area contributed by atoms with Gasteiger partial charge in [-0.3, -0.25) is 0 Å². The smallest absolute Gasteiger partial charge is 0.103 e. The van der Waals surface area contributed by atoms with Crippen LogP contribution in [0.3, 0.4) is 0 Å². The Balaban J connectivity index is 1.71. The van der Waals surface area contributed by atoms with Crippen LogP contribution < -0.4 is 5.32 Å². The fraction of sp³-hybridized carbons (Fsp3) is 0.400. The van der Waals surface area contributed by atoms with Gasteiger partial charge in [-0.25, -0.2) is 4.98 Å². The number of aromatic nitrogens is 1. The first-order valence-corrected chi connectivity index (χ1v) is 9.40. The van der Waals surface area contributed by atoms with Crippen LogP contribution in [0, 0.1) is 0 Å². The minimum atomic E-state index is 0.515. The summed E-state index contributed by atoms with van der Waals surface area (Å²) in [6, 6.07) is 8.97. The van der Waals surface area contributed by atoms with Crippen molar-refractivity contribution in [2.45, 2.75) is 36.0 Å². The van der Waals surface area contributed by atoms with E-state index < -0.39 is 0 Å². The molecule has 3 rings (SSSR count). The highest BCUT2D eigenvalue weighted by Gasteiger charge is 2.23. The van der Waals surface area contributed by atoms with Gasteiger partial charge in [0.05, 0.1) is 11.4 Å². The summed E-state index contributed by atoms with van der Waals surface area (Å²) in [6.07, 6.45) is 3.63. The van der Waals surface area contributed by atoms with E-state index in [4.69, 9.17) is 4.98 Å². The fourth-order valence-electron chi connectivity index (χ4n) is 2.51. The van der Waals surface area contributed by atoms with E-state index in [0.29, 0.717) is 6.04 Å². The molecule has 106 valence electrons. The van der Waals surface area contributed by atoms with Gasteiger partial charge in [0.15, 0.2) is 0 Å². The van der Waals surface area contributed by atoms with Crippen molar-refractivity contribution in [1.29, 1.82) is 0 Å². The van der Waals surface area contributed by atoms with Crippen molar-refractivity contribution in [3.63, 3.8) is 0 Å². The van der Waals surface area contributed by atoms with Crippen LogP contribution >= 0.6 is 39.0 Å². The fourth-order valence-corrected chi connectivity index (χ4v) is 5.27. The Morgan fingerprint density at radius 2 is 2.40 bits per heavy atom. The van der Waals surface area contributed by atoms with Crippen LogP contribution in [0.5, 0.6) is 0 Å². The quantitative estimate of drug-likeness (QED) is 0.784. The van der Waals surface area contributed by atoms with Gasteiger partial charge in [-0.1, -0.05) is 22.0 Å². The van der Waals surface area contributed by atoms with E-state index >= 15 is 0 Å². The topological polar surface area (TPSA) is 24.9 Å². The monoisotopic (exact) mass is 368 g/mol. The number of aryl methyl sites for hydroxylation is 1. The highest BCUT2D eigenvalue weighted by molar-refractivity contribution is 9.10. The molecule has 1 N–H and O–H groups in total. The zero-order valence-electron chi connectivity index (χ0n) is 11.4. The highest BCUT2D eigenvalue weighted by atomic mass is 79.9. The van der Waals surface area contributed by atoms with Crippen LogP contribution in [0.4, 0.5) is 0 Å². The molecule has 1 heterocycles. The molecule has 0 saturated heterocycles. The zero-order chi connectivity index (χ0) is 13.9. The molecule has 1 aromatic carbocycles. The van der Waals surface area contributed by atoms with E-state index in [9.17, 15) is 0 Å². The van der Waals surface area contributed by atoms with Gasteiger partial charge in [0.1, 0.15) is 5.01 Å². The van der Waals surface area contributed by atoms with E-state index in [2.05, 4.69) is 52.6 Å². The SMILES string of the molecule is CNC1CCCc2nc(CSc3cccc(Br)c3)sc21. The molecule has 1 aliphatic rings. The predicted octanol–water partition coefficient (Wildman–Crippen LogP) is 4.79. The third-order valence-electron chi connectivity index (χ3n) is 3.50. The molecule has 1 unspecified atom stereocenters. The molecule has 0 radical (unpaired) electrons. The number of hydrogen-bond donors (Lipinski definition) is 1. The second-order valence-corrected chi connectivity index (χ2v) is 7.98. The molecule has 0 aliphatic heterocycles. The van der Waals surface area contributed by atoms with Crippen molar-refractivity contribution in [3.8, 4) is 0 Å². The average Bonchev–Trinajstić information content (AvgIpc) is 2.88. The predicted molar refractivity (Wildman–Crippen MR) is 90.6 cm³/mol. The molecule has 1 aliphatic carbocycles. The van der Waals surface area contributed by atoms with Crippen molar-refractivity contribution in [2.75, 3.05) is 7.05 Å². The molecule has 2 aromatic rings. The van der Waals surface area contributed by atoms with Gasteiger partial charge in [0.25, 0.3) is 0 Å². The molecular weight excluding hydrogens is 352 g/mol. The summed E-state index contributed by atoms with van der Waals surface area (Å²) in [5.41, 5.74) is 1.32. The van der Waals surface area contributed by atoms with Gasteiger partial charge < -0.3 is 5.32 Å². The van der Waals surface area contributed by atoms with Gasteiger partial charge in [0.2, 0.25) is 0 Å². The molecule has 2 nitrogen and oxygen atoms in total. The molecule has 5 heteroatoms. The number of hydrogen-bond acceptors (Lipinski definition) is 4. The summed E-state index contributed by atoms with van der Waals surface area (Å²) in [5.74, 6) is 0.963. The Labute approximate surface area is 136 Å². The summed E-state index contributed by atoms with van der Waals surface area (Å²) < 4.78 is 1.14. The Morgan fingerprint density at radius 1 is 1.50 bits per heavy atom. The lowest BCUT2D eigenvalue weighted by Crippen LogP contribution is -2.19. The number of thiazole rings is 1. The van der Waals surface area contributed by atoms with E-state index in [-0.39, 0.29) is 0 Å². The van der Waals surface area contributed by atoms with E-state index in [1.54, 1.807) is 0 Å². The van der Waals surface area contributed by atoms with Crippen LogP contribution in [0.1, 0.15) is 34.5 Å². The Bertz CT molecular complexity index is 597. The lowest BCUT2D eigenvalue weighted by atomic mass is 9.98. The number of nitrogens with one attached hydrogen (secondary N) is 1. The molecule has 0 saturated carbocycles. The van der Waals surface area contributed by atoms with Crippen LogP contribution in [-0.4, -0.2) is 12.0 Å². The number of fused-ring (bicyclic) bond motifs is 1. The van der Waals surface area contributed by atoms with E-state index in [1.165, 1.54) is 33.3 Å². The summed E-state index contributed by atoms with van der Waals surface area (Å²) in [5, 5.41) is 4.66. The number of halogens is 1. The summed E-state index contributed by atoms with van der Waals surface area (Å²) in [7, 11) is 2.05. The van der Waals surface area contributed by atoms with E-state index in [1.807, 2.05) is 23.1 Å². The van der Waals surface area contributed by atoms with Crippen molar-refractivity contribution in [2.24, 2.45) is 0 Å². The van der Waals surface area contributed by atoms with Gasteiger partial charge in [-0.05, 0) is 44.5 Å². The van der Waals surface area contributed by atoms with Gasteiger partial charge in [-0.15, -0.1) is 23.1 Å². The van der Waals surface area contributed by atoms with Gasteiger partial charge >= 0.3 is 0 Å². The van der Waals surface area contributed by atoms with Crippen LogP contribution in [0.25, 0.3) is 0 Å². The first kappa shape index (κ1) is 14.6. The standard InChI is InChI=1S/C15H17BrN2S2/c1-17-12-6-3-7-13-15(12)20-14(18-13)9-19-11-5-2-4-10(16)8-11/h2,4-5,8,12,17H,3,6-7,9H2,1H3. The number of benzene rings is 1. The van der Waals surface area contributed by atoms with Gasteiger partial charge in [0, 0.05) is 20.3 Å². The summed E-state index contributed by atoms with van der Waals surface area (Å²) in [4.78, 5) is 7.58. The largest absolute Gasteiger partial charge is 0.312 e. The number of nitrogens with zero attached hydrogens (tertiary/aromatic N) is 1. The summed E-state index contributed by atoms with van der Waals surface area (Å²) in [6.45, 7) is 0. The first-order chi connectivity index (χ1) is 9.76. The molecule has 0 amide bonds. The third-order valence-corrected chi connectivity index (χ3v) is 6.39. The van der Waals surface area contributed by atoms with Crippen LogP contribution in [-0.2, 0) is 12.2 Å². The van der Waals surface area contributed by atoms with Crippen molar-refractivity contribution in [1.82, 2.24) is 10.3 Å². The van der Waals surface area contributed by atoms with Gasteiger partial charge in [-0.2, -0.15) is 0 Å². The van der Waals surface area contributed by atoms with E-state index in [0.717, 1.165) is 16.6 Å². The molecule has 0 fully saturated rings. The maximum absolute atomic E-state index is 4.83. The molecule has 20 heavy (non-hydrogen) atoms. The van der Waals surface area contributed by atoms with Crippen molar-refractivity contribution >= 4 is 39.0 Å². The summed E-state index contributed by atoms with van der Waals surface area (Å²) >= 11 is 7.26. The molecule has 1 atom stereocenters. The van der Waals surface area contributed by atoms with Crippen molar-refractivity contribution < 1.29 is 0 Å². The van der Waals surface area contributed by atoms with Crippen LogP contribution in [0.15, 0.2) is 33.6 Å². The Morgan fingerprint density at radius 3 is 3.20 bits per heavy atom. The highest BCUT2D eigenvalue weighted by Crippen LogP contribution is 2.36. The lowest BCUT2D eigenvalue weighted by molar-refractivity contribution is 0.501. The molecule has 0 bridgehead atoms. The van der Waals surface area contributed by atoms with Crippen LogP contribution in [0.2, 0.25) is 0 Å². The first-order valence-electron chi connectivity index (χ1n) is 6.80. The number of rotatable bonds is 4. The number of thioether (sulfide) groups is 1. The third kappa shape index (κ3) is 3.27. The second kappa shape index (κ2) is 6.60. The molecular formula is C15H17BrN2S2. The minimum absolute atomic E-state index is 0.515. The van der Waals surface area contributed by atoms with Crippen molar-refractivity contribution in [3.05, 3.63) is 44.3 Å². The normalized spacial score (nSPS) is 18.0. The average molecular weight is 369 g/mol. The maximum atomic E-state index is 4.83. The minimum Gasteiger partial charge on any atom is -0.312 e.